The van der Waals surface area contributed by atoms with E-state index in [9.17, 15) is 0 Å². The maximum Gasteiger partial charge on any atom is 0.144 e. The van der Waals surface area contributed by atoms with Crippen molar-refractivity contribution in [2.45, 2.75) is 283 Å². The van der Waals surface area contributed by atoms with Gasteiger partial charge in [-0.2, -0.15) is 0 Å². The first-order valence-corrected chi connectivity index (χ1v) is 40.5. The number of rotatable bonds is 33. The Labute approximate surface area is 600 Å². The number of unbranched alkanes of at least 4 members (excludes halogenated alkanes) is 20. The van der Waals surface area contributed by atoms with E-state index in [4.69, 9.17) is 8.83 Å². The second-order valence-electron chi connectivity index (χ2n) is 33.0. The number of fused-ring (bicyclic) bond motifs is 22. The summed E-state index contributed by atoms with van der Waals surface area (Å²) in [4.78, 5) is 0. The van der Waals surface area contributed by atoms with E-state index in [0.29, 0.717) is 0 Å². The normalized spacial score (nSPS) is 15.5. The second-order valence-corrected chi connectivity index (χ2v) is 33.0. The molecule has 100 heavy (non-hydrogen) atoms. The van der Waals surface area contributed by atoms with E-state index in [-0.39, 0.29) is 27.6 Å². The van der Waals surface area contributed by atoms with Crippen LogP contribution in [0.3, 0.4) is 0 Å². The van der Waals surface area contributed by atoms with Gasteiger partial charge in [0.25, 0.3) is 0 Å². The van der Waals surface area contributed by atoms with Crippen molar-refractivity contribution in [2.24, 2.45) is 0 Å². The minimum atomic E-state index is -0.271. The molecule has 0 saturated heterocycles. The van der Waals surface area contributed by atoms with Gasteiger partial charge < -0.3 is 8.83 Å². The first kappa shape index (κ1) is 68.4. The Balaban J connectivity index is 0.898. The van der Waals surface area contributed by atoms with Gasteiger partial charge >= 0.3 is 0 Å². The van der Waals surface area contributed by atoms with Crippen LogP contribution in [-0.2, 0) is 34.5 Å². The Morgan fingerprint density at radius 3 is 1.46 bits per heavy atom. The summed E-state index contributed by atoms with van der Waals surface area (Å²) < 4.78 is 14.1. The molecule has 1 unspecified atom stereocenters. The van der Waals surface area contributed by atoms with Crippen LogP contribution in [0.25, 0.3) is 88.4 Å². The van der Waals surface area contributed by atoms with E-state index in [0.717, 1.165) is 35.2 Å². The molecule has 0 amide bonds. The zero-order valence-corrected chi connectivity index (χ0v) is 62.6. The monoisotopic (exact) mass is 1320 g/mol. The van der Waals surface area contributed by atoms with Crippen LogP contribution in [0.5, 0.6) is 0 Å². The molecule has 11 aromatic rings. The van der Waals surface area contributed by atoms with Gasteiger partial charge in [0.2, 0.25) is 0 Å². The van der Waals surface area contributed by atoms with Crippen molar-refractivity contribution in [3.05, 3.63) is 224 Å². The molecule has 1 atom stereocenters. The molecular formula is C98H114O2. The lowest BCUT2D eigenvalue weighted by Crippen LogP contribution is -2.27. The van der Waals surface area contributed by atoms with Gasteiger partial charge in [0.05, 0.1) is 0 Å². The molecule has 4 aliphatic carbocycles. The number of benzene rings is 9. The molecule has 518 valence electrons. The third-order valence-corrected chi connectivity index (χ3v) is 25.8. The Kier molecular flexibility index (Phi) is 19.7. The second kappa shape index (κ2) is 28.8. The first-order chi connectivity index (χ1) is 48.9. The van der Waals surface area contributed by atoms with Crippen LogP contribution in [-0.4, -0.2) is 0 Å². The van der Waals surface area contributed by atoms with Crippen molar-refractivity contribution >= 4 is 43.9 Å². The van der Waals surface area contributed by atoms with Crippen molar-refractivity contribution in [3.63, 3.8) is 0 Å². The Morgan fingerprint density at radius 1 is 0.330 bits per heavy atom. The minimum absolute atomic E-state index is 0.0740. The third kappa shape index (κ3) is 11.9. The SMILES string of the molecule is CCCCCCCCC1(CCCCCCCC)c2cc(C(Cc3ccc4c(c3)C(C)(C)c3c5c(c6c(oc7ccccc76)c3-4)-c3ccccc3C5(C)C)Cc3ccccc3C)ccc2-c2cc3c(cc21)-c1c(ccc2oc4ccccc4c12)C3(CCCCCCCC)CCCCCCCC. The highest BCUT2D eigenvalue weighted by molar-refractivity contribution is 6.21. The summed E-state index contributed by atoms with van der Waals surface area (Å²) in [6, 6.07) is 62.8. The molecule has 2 aromatic heterocycles. The number of hydrogen-bond donors (Lipinski definition) is 0. The summed E-state index contributed by atoms with van der Waals surface area (Å²) in [6.07, 6.45) is 38.1. The highest BCUT2D eigenvalue weighted by atomic mass is 16.3. The van der Waals surface area contributed by atoms with Crippen LogP contribution >= 0.6 is 0 Å². The zero-order valence-electron chi connectivity index (χ0n) is 62.6. The van der Waals surface area contributed by atoms with Crippen LogP contribution in [0.15, 0.2) is 167 Å². The molecule has 2 heterocycles. The van der Waals surface area contributed by atoms with E-state index < -0.39 is 0 Å². The highest BCUT2D eigenvalue weighted by Crippen LogP contribution is 2.66. The predicted octanol–water partition coefficient (Wildman–Crippen LogP) is 29.5. The molecule has 0 radical (unpaired) electrons. The average Bonchev–Trinajstić information content (AvgIpc) is 1.51. The molecule has 0 bridgehead atoms. The molecule has 15 rings (SSSR count). The molecule has 0 aliphatic heterocycles. The summed E-state index contributed by atoms with van der Waals surface area (Å²) >= 11 is 0. The van der Waals surface area contributed by atoms with Gasteiger partial charge in [0.15, 0.2) is 0 Å². The lowest BCUT2D eigenvalue weighted by Gasteiger charge is -2.35. The highest BCUT2D eigenvalue weighted by Gasteiger charge is 2.51. The van der Waals surface area contributed by atoms with Gasteiger partial charge in [-0.15, -0.1) is 0 Å². The summed E-state index contributed by atoms with van der Waals surface area (Å²) in [5, 5.41) is 5.10. The Morgan fingerprint density at radius 2 is 0.820 bits per heavy atom. The standard InChI is InChI=1S/C98H114O2/c1-10-14-18-22-26-38-56-97(57-39-27-23-19-15-11-2)79-54-55-86-88(74-45-33-36-48-84(74)99-86)87(79)77-65-82-76(64-83(77)97)71-53-51-69(63-81(71)98(82,58-40-28-24-20-16-12-3)59-41-29-25-21-17-13-4)70(62-68-43-31-30-42-66(68)5)60-67-50-52-73-80(61-67)96(8,9)93-91(73)94-90(75-46-34-37-49-85(75)100-94)89-72-44-32-35-47-78(72)95(6,7)92(89)93/h30-37,42-55,61,63-65,70H,10-29,38-41,56-60,62H2,1-9H3. The summed E-state index contributed by atoms with van der Waals surface area (Å²) in [5.74, 6) is 0.252. The third-order valence-electron chi connectivity index (χ3n) is 25.8. The van der Waals surface area contributed by atoms with E-state index in [1.54, 1.807) is 27.8 Å². The van der Waals surface area contributed by atoms with Gasteiger partial charge in [-0.25, -0.2) is 0 Å². The van der Waals surface area contributed by atoms with Crippen LogP contribution < -0.4 is 0 Å². The Hall–Kier alpha value is -7.42. The Bertz CT molecular complexity index is 4740. The van der Waals surface area contributed by atoms with E-state index in [1.807, 2.05) is 0 Å². The first-order valence-electron chi connectivity index (χ1n) is 40.5. The summed E-state index contributed by atoms with van der Waals surface area (Å²) in [5.41, 5.74) is 32.8. The average molecular weight is 1320 g/mol. The van der Waals surface area contributed by atoms with Gasteiger partial charge in [0, 0.05) is 48.8 Å². The molecule has 4 aliphatic rings. The smallest absolute Gasteiger partial charge is 0.144 e. The quantitative estimate of drug-likeness (QED) is 0.0383. The van der Waals surface area contributed by atoms with Crippen LogP contribution in [0, 0.1) is 6.92 Å². The van der Waals surface area contributed by atoms with E-state index >= 15 is 0 Å². The number of furan rings is 2. The van der Waals surface area contributed by atoms with E-state index in [2.05, 4.69) is 220 Å². The molecular weight excluding hydrogens is 1210 g/mol. The predicted molar refractivity (Wildman–Crippen MR) is 428 cm³/mol. The maximum absolute atomic E-state index is 7.19. The lowest BCUT2D eigenvalue weighted by atomic mass is 9.68. The fourth-order valence-electron chi connectivity index (χ4n) is 20.6. The van der Waals surface area contributed by atoms with Gasteiger partial charge in [-0.05, 0) is 187 Å². The van der Waals surface area contributed by atoms with Crippen molar-refractivity contribution in [3.8, 4) is 44.5 Å². The molecule has 0 fully saturated rings. The zero-order chi connectivity index (χ0) is 68.8. The fraction of sp³-hybridized carbons (Fsp3) is 0.449. The van der Waals surface area contributed by atoms with Gasteiger partial charge in [-0.3, -0.25) is 0 Å². The fourth-order valence-corrected chi connectivity index (χ4v) is 20.6. The van der Waals surface area contributed by atoms with Crippen molar-refractivity contribution in [2.75, 3.05) is 0 Å². The minimum Gasteiger partial charge on any atom is -0.456 e. The molecule has 0 saturated carbocycles. The molecule has 9 aromatic carbocycles. The van der Waals surface area contributed by atoms with Gasteiger partial charge in [-0.1, -0.05) is 337 Å². The van der Waals surface area contributed by atoms with Crippen LogP contribution in [0.1, 0.15) is 308 Å². The summed E-state index contributed by atoms with van der Waals surface area (Å²) in [6.45, 7) is 21.8. The molecule has 0 spiro atoms. The van der Waals surface area contributed by atoms with Crippen molar-refractivity contribution in [1.29, 1.82) is 0 Å². The van der Waals surface area contributed by atoms with Crippen LogP contribution in [0.2, 0.25) is 0 Å². The van der Waals surface area contributed by atoms with Crippen LogP contribution in [0.4, 0.5) is 0 Å². The molecule has 2 heteroatoms. The van der Waals surface area contributed by atoms with Crippen molar-refractivity contribution in [1.82, 2.24) is 0 Å². The van der Waals surface area contributed by atoms with Crippen molar-refractivity contribution < 1.29 is 8.83 Å². The topological polar surface area (TPSA) is 26.3 Å². The summed E-state index contributed by atoms with van der Waals surface area (Å²) in [7, 11) is 0. The largest absolute Gasteiger partial charge is 0.456 e. The maximum atomic E-state index is 7.19. The molecule has 0 N–H and O–H groups in total. The van der Waals surface area contributed by atoms with E-state index in [1.165, 1.54) is 285 Å². The number of hydrogen-bond acceptors (Lipinski definition) is 2. The van der Waals surface area contributed by atoms with Gasteiger partial charge in [0.1, 0.15) is 22.3 Å². The molecule has 2 nitrogen and oxygen atoms in total. The number of para-hydroxylation sites is 2. The lowest BCUT2D eigenvalue weighted by molar-refractivity contribution is 0.394. The number of aryl methyl sites for hydroxylation is 1.